The van der Waals surface area contributed by atoms with Crippen molar-refractivity contribution in [2.24, 2.45) is 11.8 Å². The summed E-state index contributed by atoms with van der Waals surface area (Å²) in [6.07, 6.45) is 17.8. The SMILES string of the molecule is CCCCCCCCC(CCCCCCCC)C1CC(=O)OC1=O. The normalized spacial score (nSPS) is 17.7. The third-order valence-electron chi connectivity index (χ3n) is 5.33. The molecular weight excluding hydrogens is 300 g/mol. The highest BCUT2D eigenvalue weighted by atomic mass is 16.6. The van der Waals surface area contributed by atoms with Crippen LogP contribution >= 0.6 is 0 Å². The summed E-state index contributed by atoms with van der Waals surface area (Å²) in [6.45, 7) is 4.47. The fraction of sp³-hybridized carbons (Fsp3) is 0.905. The smallest absolute Gasteiger partial charge is 0.317 e. The lowest BCUT2D eigenvalue weighted by Crippen LogP contribution is -2.19. The van der Waals surface area contributed by atoms with Crippen LogP contribution in [0.5, 0.6) is 0 Å². The second-order valence-electron chi connectivity index (χ2n) is 7.48. The van der Waals surface area contributed by atoms with Crippen LogP contribution < -0.4 is 0 Å². The highest BCUT2D eigenvalue weighted by molar-refractivity contribution is 5.94. The molecule has 1 saturated heterocycles. The Morgan fingerprint density at radius 2 is 1.25 bits per heavy atom. The van der Waals surface area contributed by atoms with Crippen LogP contribution in [0.3, 0.4) is 0 Å². The number of hydrogen-bond donors (Lipinski definition) is 0. The average molecular weight is 339 g/mol. The molecule has 0 bridgehead atoms. The van der Waals surface area contributed by atoms with Gasteiger partial charge in [-0.2, -0.15) is 0 Å². The van der Waals surface area contributed by atoms with Crippen LogP contribution in [0.15, 0.2) is 0 Å². The van der Waals surface area contributed by atoms with Gasteiger partial charge in [0.1, 0.15) is 0 Å². The Morgan fingerprint density at radius 3 is 1.67 bits per heavy atom. The molecule has 140 valence electrons. The summed E-state index contributed by atoms with van der Waals surface area (Å²) in [5.41, 5.74) is 0. The summed E-state index contributed by atoms with van der Waals surface area (Å²) in [5.74, 6) is -0.395. The predicted octanol–water partition coefficient (Wildman–Crippen LogP) is 6.19. The first-order valence-corrected chi connectivity index (χ1v) is 10.4. The number of cyclic esters (lactones) is 2. The maximum atomic E-state index is 11.9. The Bertz CT molecular complexity index is 335. The maximum absolute atomic E-state index is 11.9. The molecule has 1 atom stereocenters. The molecule has 1 rings (SSSR count). The molecule has 1 fully saturated rings. The van der Waals surface area contributed by atoms with Crippen LogP contribution in [0.2, 0.25) is 0 Å². The molecule has 0 N–H and O–H groups in total. The monoisotopic (exact) mass is 338 g/mol. The van der Waals surface area contributed by atoms with Crippen molar-refractivity contribution in [3.05, 3.63) is 0 Å². The molecule has 3 heteroatoms. The summed E-state index contributed by atoms with van der Waals surface area (Å²) in [6, 6.07) is 0. The van der Waals surface area contributed by atoms with Gasteiger partial charge in [0.2, 0.25) is 0 Å². The van der Waals surface area contributed by atoms with E-state index >= 15 is 0 Å². The summed E-state index contributed by atoms with van der Waals surface area (Å²) in [4.78, 5) is 23.4. The number of carbonyl (C=O) groups is 2. The van der Waals surface area contributed by atoms with Crippen molar-refractivity contribution >= 4 is 11.9 Å². The molecule has 24 heavy (non-hydrogen) atoms. The van der Waals surface area contributed by atoms with Crippen LogP contribution in [0.1, 0.15) is 110 Å². The molecule has 0 saturated carbocycles. The Balaban J connectivity index is 2.30. The minimum Gasteiger partial charge on any atom is -0.393 e. The van der Waals surface area contributed by atoms with E-state index in [4.69, 9.17) is 4.74 Å². The third-order valence-corrected chi connectivity index (χ3v) is 5.33. The van der Waals surface area contributed by atoms with Crippen LogP contribution in [-0.2, 0) is 14.3 Å². The molecule has 1 unspecified atom stereocenters. The zero-order valence-corrected chi connectivity index (χ0v) is 16.0. The van der Waals surface area contributed by atoms with E-state index < -0.39 is 0 Å². The number of carbonyl (C=O) groups excluding carboxylic acids is 2. The molecule has 0 aromatic heterocycles. The van der Waals surface area contributed by atoms with Crippen molar-refractivity contribution in [3.63, 3.8) is 0 Å². The molecule has 0 aliphatic carbocycles. The summed E-state index contributed by atoms with van der Waals surface area (Å²) >= 11 is 0. The average Bonchev–Trinajstić information content (AvgIpc) is 2.90. The van der Waals surface area contributed by atoms with Gasteiger partial charge in [0.05, 0.1) is 12.3 Å². The molecule has 0 spiro atoms. The number of rotatable bonds is 15. The first kappa shape index (κ1) is 21.2. The van der Waals surface area contributed by atoms with E-state index in [0.29, 0.717) is 12.3 Å². The van der Waals surface area contributed by atoms with Crippen LogP contribution in [0, 0.1) is 11.8 Å². The van der Waals surface area contributed by atoms with Gasteiger partial charge in [-0.1, -0.05) is 90.9 Å². The van der Waals surface area contributed by atoms with E-state index in [1.807, 2.05) is 0 Å². The second-order valence-corrected chi connectivity index (χ2v) is 7.48. The highest BCUT2D eigenvalue weighted by Gasteiger charge is 2.38. The number of ether oxygens (including phenoxy) is 1. The molecule has 1 aliphatic heterocycles. The van der Waals surface area contributed by atoms with E-state index in [1.54, 1.807) is 0 Å². The molecule has 0 aromatic rings. The molecular formula is C21H38O3. The van der Waals surface area contributed by atoms with Crippen LogP contribution in [-0.4, -0.2) is 11.9 Å². The maximum Gasteiger partial charge on any atom is 0.317 e. The van der Waals surface area contributed by atoms with Crippen molar-refractivity contribution in [3.8, 4) is 0 Å². The van der Waals surface area contributed by atoms with Gasteiger partial charge in [0, 0.05) is 0 Å². The molecule has 0 amide bonds. The minimum atomic E-state index is -0.319. The molecule has 3 nitrogen and oxygen atoms in total. The number of hydrogen-bond acceptors (Lipinski definition) is 3. The number of unbranched alkanes of at least 4 members (excludes halogenated alkanes) is 10. The molecule has 0 aromatic carbocycles. The lowest BCUT2D eigenvalue weighted by molar-refractivity contribution is -0.153. The summed E-state index contributed by atoms with van der Waals surface area (Å²) in [5, 5.41) is 0. The van der Waals surface area contributed by atoms with Crippen LogP contribution in [0.4, 0.5) is 0 Å². The Kier molecular flexibility index (Phi) is 11.9. The van der Waals surface area contributed by atoms with E-state index in [2.05, 4.69) is 13.8 Å². The third kappa shape index (κ3) is 8.84. The molecule has 1 heterocycles. The predicted molar refractivity (Wildman–Crippen MR) is 98.7 cm³/mol. The van der Waals surface area contributed by atoms with E-state index in [9.17, 15) is 9.59 Å². The van der Waals surface area contributed by atoms with Gasteiger partial charge < -0.3 is 4.74 Å². The number of esters is 2. The Morgan fingerprint density at radius 1 is 0.792 bits per heavy atom. The Hall–Kier alpha value is -0.860. The van der Waals surface area contributed by atoms with Crippen molar-refractivity contribution in [1.29, 1.82) is 0 Å². The lowest BCUT2D eigenvalue weighted by Gasteiger charge is -2.20. The second kappa shape index (κ2) is 13.4. The van der Waals surface area contributed by atoms with Crippen molar-refractivity contribution in [2.45, 2.75) is 110 Å². The van der Waals surface area contributed by atoms with Gasteiger partial charge in [-0.05, 0) is 18.8 Å². The van der Waals surface area contributed by atoms with E-state index in [0.717, 1.165) is 12.8 Å². The zero-order chi connectivity index (χ0) is 17.6. The topological polar surface area (TPSA) is 43.4 Å². The van der Waals surface area contributed by atoms with Gasteiger partial charge >= 0.3 is 11.9 Å². The van der Waals surface area contributed by atoms with Crippen molar-refractivity contribution in [2.75, 3.05) is 0 Å². The van der Waals surface area contributed by atoms with Gasteiger partial charge in [0.25, 0.3) is 0 Å². The van der Waals surface area contributed by atoms with Crippen LogP contribution in [0.25, 0.3) is 0 Å². The molecule has 0 radical (unpaired) electrons. The summed E-state index contributed by atoms with van der Waals surface area (Å²) in [7, 11) is 0. The van der Waals surface area contributed by atoms with Gasteiger partial charge in [0.15, 0.2) is 0 Å². The largest absolute Gasteiger partial charge is 0.393 e. The first-order chi connectivity index (χ1) is 11.7. The fourth-order valence-electron chi connectivity index (χ4n) is 3.77. The minimum absolute atomic E-state index is 0.163. The lowest BCUT2D eigenvalue weighted by atomic mass is 9.82. The standard InChI is InChI=1S/C21H38O3/c1-3-5-7-9-11-13-15-18(16-14-12-10-8-6-4-2)19-17-20(22)24-21(19)23/h18-19H,3-17H2,1-2H3. The van der Waals surface area contributed by atoms with Crippen molar-refractivity contribution in [1.82, 2.24) is 0 Å². The van der Waals surface area contributed by atoms with Crippen molar-refractivity contribution < 1.29 is 14.3 Å². The fourth-order valence-corrected chi connectivity index (χ4v) is 3.77. The van der Waals surface area contributed by atoms with Gasteiger partial charge in [-0.15, -0.1) is 0 Å². The zero-order valence-electron chi connectivity index (χ0n) is 16.0. The first-order valence-electron chi connectivity index (χ1n) is 10.4. The van der Waals surface area contributed by atoms with E-state index in [-0.39, 0.29) is 17.9 Å². The highest BCUT2D eigenvalue weighted by Crippen LogP contribution is 2.32. The summed E-state index contributed by atoms with van der Waals surface area (Å²) < 4.78 is 4.80. The van der Waals surface area contributed by atoms with Gasteiger partial charge in [-0.3, -0.25) is 9.59 Å². The quantitative estimate of drug-likeness (QED) is 0.203. The van der Waals surface area contributed by atoms with E-state index in [1.165, 1.54) is 77.0 Å². The van der Waals surface area contributed by atoms with Gasteiger partial charge in [-0.25, -0.2) is 0 Å². The Labute approximate surface area is 148 Å². The molecule has 1 aliphatic rings.